The van der Waals surface area contributed by atoms with Crippen molar-refractivity contribution in [1.82, 2.24) is 4.90 Å². The molecule has 21 heavy (non-hydrogen) atoms. The van der Waals surface area contributed by atoms with Crippen LogP contribution in [0.2, 0.25) is 0 Å². The first-order valence-electron chi connectivity index (χ1n) is 6.58. The summed E-state index contributed by atoms with van der Waals surface area (Å²) in [6, 6.07) is 0. The van der Waals surface area contributed by atoms with Crippen molar-refractivity contribution >= 4 is 17.8 Å². The average Bonchev–Trinajstić information content (AvgIpc) is 2.44. The summed E-state index contributed by atoms with van der Waals surface area (Å²) in [4.78, 5) is 36.9. The van der Waals surface area contributed by atoms with Crippen molar-refractivity contribution in [2.75, 3.05) is 26.3 Å². The van der Waals surface area contributed by atoms with E-state index >= 15 is 0 Å². The van der Waals surface area contributed by atoms with Crippen LogP contribution in [0, 0.1) is 0 Å². The first kappa shape index (κ1) is 18.6. The Morgan fingerprint density at radius 2 is 1.38 bits per heavy atom. The van der Waals surface area contributed by atoms with Gasteiger partial charge < -0.3 is 14.4 Å². The zero-order valence-electron chi connectivity index (χ0n) is 12.5. The lowest BCUT2D eigenvalue weighted by Crippen LogP contribution is -2.31. The largest absolute Gasteiger partial charge is 0.462 e. The summed E-state index contributed by atoms with van der Waals surface area (Å²) < 4.78 is 9.51. The van der Waals surface area contributed by atoms with Gasteiger partial charge in [0.25, 0.3) is 0 Å². The van der Waals surface area contributed by atoms with Crippen LogP contribution in [0.1, 0.15) is 13.8 Å². The van der Waals surface area contributed by atoms with Crippen LogP contribution in [0.5, 0.6) is 0 Å². The third-order valence-electron chi connectivity index (χ3n) is 2.27. The van der Waals surface area contributed by atoms with Crippen molar-refractivity contribution < 1.29 is 23.9 Å². The molecular formula is C15H21NO5. The van der Waals surface area contributed by atoms with Crippen LogP contribution in [0.3, 0.4) is 0 Å². The van der Waals surface area contributed by atoms with Gasteiger partial charge in [0.15, 0.2) is 0 Å². The highest BCUT2D eigenvalue weighted by atomic mass is 16.6. The van der Waals surface area contributed by atoms with Crippen LogP contribution >= 0.6 is 0 Å². The van der Waals surface area contributed by atoms with Crippen LogP contribution in [-0.4, -0.2) is 49.0 Å². The Labute approximate surface area is 124 Å². The van der Waals surface area contributed by atoms with Gasteiger partial charge in [-0.2, -0.15) is 0 Å². The van der Waals surface area contributed by atoms with Gasteiger partial charge in [0.2, 0.25) is 5.91 Å². The molecule has 0 saturated heterocycles. The molecule has 6 heteroatoms. The number of rotatable bonds is 9. The van der Waals surface area contributed by atoms with Gasteiger partial charge in [0, 0.05) is 19.2 Å². The number of nitrogens with zero attached hydrogens (tertiary/aromatic N) is 1. The van der Waals surface area contributed by atoms with E-state index in [9.17, 15) is 14.4 Å². The molecule has 0 atom stereocenters. The molecule has 0 bridgehead atoms. The molecule has 0 fully saturated rings. The van der Waals surface area contributed by atoms with Gasteiger partial charge in [-0.05, 0) is 13.8 Å². The first-order valence-corrected chi connectivity index (χ1v) is 6.58. The lowest BCUT2D eigenvalue weighted by atomic mass is 10.2. The first-order chi connectivity index (χ1) is 10.0. The van der Waals surface area contributed by atoms with Gasteiger partial charge in [-0.3, -0.25) is 4.79 Å². The van der Waals surface area contributed by atoms with E-state index in [1.165, 1.54) is 17.1 Å². The SMILES string of the molecule is C=CCN(CC=C)C(=O)C=C(C(=O)OCC)C(=O)OCC. The predicted molar refractivity (Wildman–Crippen MR) is 78.3 cm³/mol. The topological polar surface area (TPSA) is 72.9 Å². The molecule has 0 aromatic rings. The van der Waals surface area contributed by atoms with E-state index < -0.39 is 23.4 Å². The van der Waals surface area contributed by atoms with E-state index in [4.69, 9.17) is 9.47 Å². The molecule has 0 radical (unpaired) electrons. The Balaban J connectivity index is 5.31. The van der Waals surface area contributed by atoms with Crippen LogP contribution in [0.4, 0.5) is 0 Å². The number of esters is 2. The Bertz CT molecular complexity index is 409. The molecule has 0 aliphatic rings. The number of carbonyl (C=O) groups is 3. The normalized spacial score (nSPS) is 9.24. The lowest BCUT2D eigenvalue weighted by molar-refractivity contribution is -0.147. The number of hydrogen-bond acceptors (Lipinski definition) is 5. The van der Waals surface area contributed by atoms with Crippen molar-refractivity contribution in [2.45, 2.75) is 13.8 Å². The molecule has 0 aliphatic heterocycles. The molecule has 6 nitrogen and oxygen atoms in total. The molecule has 1 amide bonds. The minimum absolute atomic E-state index is 0.0901. The van der Waals surface area contributed by atoms with Crippen LogP contribution < -0.4 is 0 Å². The maximum absolute atomic E-state index is 12.1. The Morgan fingerprint density at radius 3 is 1.71 bits per heavy atom. The highest BCUT2D eigenvalue weighted by Crippen LogP contribution is 2.05. The predicted octanol–water partition coefficient (Wildman–Crippen LogP) is 1.24. The van der Waals surface area contributed by atoms with Crippen LogP contribution in [0.25, 0.3) is 0 Å². The maximum Gasteiger partial charge on any atom is 0.345 e. The summed E-state index contributed by atoms with van der Waals surface area (Å²) in [7, 11) is 0. The molecule has 0 N–H and O–H groups in total. The quantitative estimate of drug-likeness (QED) is 0.210. The van der Waals surface area contributed by atoms with E-state index in [1.807, 2.05) is 0 Å². The number of amides is 1. The molecular weight excluding hydrogens is 274 g/mol. The fourth-order valence-electron chi connectivity index (χ4n) is 1.40. The molecule has 0 aromatic heterocycles. The van der Waals surface area contributed by atoms with Gasteiger partial charge in [-0.25, -0.2) is 9.59 Å². The fourth-order valence-corrected chi connectivity index (χ4v) is 1.40. The molecule has 0 rings (SSSR count). The zero-order valence-corrected chi connectivity index (χ0v) is 12.5. The van der Waals surface area contributed by atoms with E-state index in [0.29, 0.717) is 0 Å². The summed E-state index contributed by atoms with van der Waals surface area (Å²) >= 11 is 0. The Hall–Kier alpha value is -2.37. The van der Waals surface area contributed by atoms with Crippen molar-refractivity contribution in [1.29, 1.82) is 0 Å². The molecule has 0 unspecified atom stereocenters. The van der Waals surface area contributed by atoms with E-state index in [2.05, 4.69) is 13.2 Å². The smallest absolute Gasteiger partial charge is 0.345 e. The number of hydrogen-bond donors (Lipinski definition) is 0. The standard InChI is InChI=1S/C15H21NO5/c1-5-9-16(10-6-2)13(17)11-12(14(18)20-7-3)15(19)21-8-4/h5-6,11H,1-2,7-10H2,3-4H3. The second-order valence-electron chi connectivity index (χ2n) is 3.82. The minimum Gasteiger partial charge on any atom is -0.462 e. The highest BCUT2D eigenvalue weighted by Gasteiger charge is 2.23. The molecule has 116 valence electrons. The fraction of sp³-hybridized carbons (Fsp3) is 0.400. The minimum atomic E-state index is -0.888. The third kappa shape index (κ3) is 6.56. The lowest BCUT2D eigenvalue weighted by Gasteiger charge is -2.17. The van der Waals surface area contributed by atoms with Crippen LogP contribution in [0.15, 0.2) is 37.0 Å². The summed E-state index contributed by atoms with van der Waals surface area (Å²) in [5.74, 6) is -2.30. The van der Waals surface area contributed by atoms with Crippen LogP contribution in [-0.2, 0) is 23.9 Å². The highest BCUT2D eigenvalue weighted by molar-refractivity contribution is 6.17. The molecule has 0 aliphatic carbocycles. The summed E-state index contributed by atoms with van der Waals surface area (Å²) in [5, 5.41) is 0. The number of carbonyl (C=O) groups excluding carboxylic acids is 3. The molecule has 0 aromatic carbocycles. The van der Waals surface area contributed by atoms with Gasteiger partial charge in [0.1, 0.15) is 5.57 Å². The van der Waals surface area contributed by atoms with Crippen molar-refractivity contribution in [3.8, 4) is 0 Å². The maximum atomic E-state index is 12.1. The molecule has 0 heterocycles. The average molecular weight is 295 g/mol. The van der Waals surface area contributed by atoms with Gasteiger partial charge in [-0.1, -0.05) is 12.2 Å². The second-order valence-corrected chi connectivity index (χ2v) is 3.82. The third-order valence-corrected chi connectivity index (χ3v) is 2.27. The van der Waals surface area contributed by atoms with Gasteiger partial charge >= 0.3 is 11.9 Å². The van der Waals surface area contributed by atoms with E-state index in [0.717, 1.165) is 6.08 Å². The monoisotopic (exact) mass is 295 g/mol. The van der Waals surface area contributed by atoms with Crippen molar-refractivity contribution in [3.63, 3.8) is 0 Å². The summed E-state index contributed by atoms with van der Waals surface area (Å²) in [6.07, 6.45) is 3.98. The second kappa shape index (κ2) is 10.4. The molecule has 0 saturated carbocycles. The van der Waals surface area contributed by atoms with E-state index in [1.54, 1.807) is 13.8 Å². The zero-order chi connectivity index (χ0) is 16.3. The van der Waals surface area contributed by atoms with E-state index in [-0.39, 0.29) is 26.3 Å². The molecule has 0 spiro atoms. The Morgan fingerprint density at radius 1 is 0.952 bits per heavy atom. The van der Waals surface area contributed by atoms with Crippen molar-refractivity contribution in [2.24, 2.45) is 0 Å². The number of ether oxygens (including phenoxy) is 2. The van der Waals surface area contributed by atoms with Gasteiger partial charge in [-0.15, -0.1) is 13.2 Å². The van der Waals surface area contributed by atoms with Crippen molar-refractivity contribution in [3.05, 3.63) is 37.0 Å². The summed E-state index contributed by atoms with van der Waals surface area (Å²) in [5.41, 5.74) is -0.429. The summed E-state index contributed by atoms with van der Waals surface area (Å²) in [6.45, 7) is 11.0. The van der Waals surface area contributed by atoms with Gasteiger partial charge in [0.05, 0.1) is 13.2 Å². The Kier molecular flexibility index (Phi) is 9.25.